The van der Waals surface area contributed by atoms with Gasteiger partial charge in [-0.2, -0.15) is 0 Å². The summed E-state index contributed by atoms with van der Waals surface area (Å²) in [6.07, 6.45) is 4.27. The molecule has 0 bridgehead atoms. The molecular formula is C19H19N5O3S. The number of thiazole rings is 1. The second kappa shape index (κ2) is 7.81. The van der Waals surface area contributed by atoms with E-state index in [0.717, 1.165) is 23.8 Å². The van der Waals surface area contributed by atoms with Crippen LogP contribution in [0.3, 0.4) is 0 Å². The van der Waals surface area contributed by atoms with Crippen LogP contribution in [-0.2, 0) is 0 Å². The number of nitrogens with zero attached hydrogens (tertiary/aromatic N) is 4. The Morgan fingerprint density at radius 1 is 1.18 bits per heavy atom. The fourth-order valence-corrected chi connectivity index (χ4v) is 3.75. The van der Waals surface area contributed by atoms with Crippen LogP contribution in [0.4, 0.5) is 10.8 Å². The van der Waals surface area contributed by atoms with Crippen molar-refractivity contribution >= 4 is 34.0 Å². The quantitative estimate of drug-likeness (QED) is 0.728. The van der Waals surface area contributed by atoms with Crippen LogP contribution in [0.15, 0.2) is 46.8 Å². The molecule has 0 unspecified atom stereocenters. The number of benzene rings is 1. The third-order valence-corrected chi connectivity index (χ3v) is 5.49. The third kappa shape index (κ3) is 3.74. The molecule has 0 aliphatic carbocycles. The van der Waals surface area contributed by atoms with Gasteiger partial charge in [-0.15, -0.1) is 11.3 Å². The van der Waals surface area contributed by atoms with Crippen LogP contribution in [0.1, 0.15) is 26.4 Å². The van der Waals surface area contributed by atoms with Gasteiger partial charge in [-0.25, -0.2) is 9.97 Å². The predicted octanol–water partition coefficient (Wildman–Crippen LogP) is 2.65. The fourth-order valence-electron chi connectivity index (χ4n) is 3.06. The largest absolute Gasteiger partial charge is 0.451 e. The molecule has 3 aromatic rings. The standard InChI is InChI=1S/C19H19N5O3S/c1-13-2-3-14(10-15(13)22-17(25)16-11-27-12-21-16)18(26)23-5-7-24(8-6-23)19-20-4-9-28-19/h2-4,9-12H,5-8H2,1H3,(H,22,25). The molecule has 8 nitrogen and oxygen atoms in total. The number of amides is 2. The Morgan fingerprint density at radius 2 is 2.00 bits per heavy atom. The van der Waals surface area contributed by atoms with E-state index in [1.165, 1.54) is 12.7 Å². The van der Waals surface area contributed by atoms with Gasteiger partial charge < -0.3 is 19.5 Å². The lowest BCUT2D eigenvalue weighted by molar-refractivity contribution is 0.0746. The normalized spacial score (nSPS) is 14.2. The number of carbonyl (C=O) groups is 2. The monoisotopic (exact) mass is 397 g/mol. The number of rotatable bonds is 4. The summed E-state index contributed by atoms with van der Waals surface area (Å²) in [5.74, 6) is -0.422. The number of anilines is 2. The van der Waals surface area contributed by atoms with Gasteiger partial charge in [0.05, 0.1) is 0 Å². The van der Waals surface area contributed by atoms with Crippen molar-refractivity contribution in [1.82, 2.24) is 14.9 Å². The SMILES string of the molecule is Cc1ccc(C(=O)N2CCN(c3nccs3)CC2)cc1NC(=O)c1cocn1. The molecule has 0 radical (unpaired) electrons. The van der Waals surface area contributed by atoms with E-state index in [-0.39, 0.29) is 17.5 Å². The molecule has 2 aromatic heterocycles. The van der Waals surface area contributed by atoms with E-state index in [4.69, 9.17) is 4.42 Å². The highest BCUT2D eigenvalue weighted by atomic mass is 32.1. The average molecular weight is 397 g/mol. The number of aromatic nitrogens is 2. The molecule has 1 fully saturated rings. The Morgan fingerprint density at radius 3 is 2.68 bits per heavy atom. The number of aryl methyl sites for hydroxylation is 1. The van der Waals surface area contributed by atoms with Crippen molar-refractivity contribution in [3.8, 4) is 0 Å². The molecule has 3 heterocycles. The highest BCUT2D eigenvalue weighted by Crippen LogP contribution is 2.22. The van der Waals surface area contributed by atoms with Crippen LogP contribution in [-0.4, -0.2) is 52.9 Å². The van der Waals surface area contributed by atoms with E-state index in [2.05, 4.69) is 20.2 Å². The van der Waals surface area contributed by atoms with Crippen LogP contribution in [0.5, 0.6) is 0 Å². The zero-order chi connectivity index (χ0) is 19.5. The number of carbonyl (C=O) groups excluding carboxylic acids is 2. The number of hydrogen-bond acceptors (Lipinski definition) is 7. The zero-order valence-electron chi connectivity index (χ0n) is 15.3. The first-order chi connectivity index (χ1) is 13.6. The molecule has 1 N–H and O–H groups in total. The second-order valence-corrected chi connectivity index (χ2v) is 7.32. The summed E-state index contributed by atoms with van der Waals surface area (Å²) < 4.78 is 4.84. The minimum atomic E-state index is -0.376. The lowest BCUT2D eigenvalue weighted by atomic mass is 10.1. The predicted molar refractivity (Wildman–Crippen MR) is 106 cm³/mol. The van der Waals surface area contributed by atoms with Crippen molar-refractivity contribution in [1.29, 1.82) is 0 Å². The van der Waals surface area contributed by atoms with Gasteiger partial charge in [0.15, 0.2) is 17.2 Å². The summed E-state index contributed by atoms with van der Waals surface area (Å²) in [5, 5.41) is 5.73. The number of oxazole rings is 1. The Kier molecular flexibility index (Phi) is 5.07. The van der Waals surface area contributed by atoms with E-state index in [1.807, 2.05) is 23.3 Å². The zero-order valence-corrected chi connectivity index (χ0v) is 16.1. The summed E-state index contributed by atoms with van der Waals surface area (Å²) in [5.41, 5.74) is 2.18. The van der Waals surface area contributed by atoms with Crippen molar-refractivity contribution in [3.05, 3.63) is 59.3 Å². The lowest BCUT2D eigenvalue weighted by Crippen LogP contribution is -2.48. The van der Waals surface area contributed by atoms with Gasteiger partial charge in [0, 0.05) is 49.0 Å². The molecule has 1 aromatic carbocycles. The van der Waals surface area contributed by atoms with Crippen molar-refractivity contribution in [3.63, 3.8) is 0 Å². The smallest absolute Gasteiger partial charge is 0.277 e. The van der Waals surface area contributed by atoms with E-state index in [9.17, 15) is 9.59 Å². The molecule has 4 rings (SSSR count). The molecule has 144 valence electrons. The number of hydrogen-bond donors (Lipinski definition) is 1. The second-order valence-electron chi connectivity index (χ2n) is 6.45. The van der Waals surface area contributed by atoms with E-state index in [0.29, 0.717) is 24.3 Å². The molecule has 1 aliphatic heterocycles. The van der Waals surface area contributed by atoms with E-state index < -0.39 is 0 Å². The lowest BCUT2D eigenvalue weighted by Gasteiger charge is -2.34. The molecule has 2 amide bonds. The first-order valence-corrected chi connectivity index (χ1v) is 9.73. The molecule has 28 heavy (non-hydrogen) atoms. The molecular weight excluding hydrogens is 378 g/mol. The van der Waals surface area contributed by atoms with E-state index in [1.54, 1.807) is 29.7 Å². The molecule has 1 aliphatic rings. The van der Waals surface area contributed by atoms with Gasteiger partial charge in [-0.3, -0.25) is 9.59 Å². The van der Waals surface area contributed by atoms with Gasteiger partial charge in [0.25, 0.3) is 11.8 Å². The van der Waals surface area contributed by atoms with Crippen LogP contribution in [0, 0.1) is 6.92 Å². The molecule has 0 spiro atoms. The van der Waals surface area contributed by atoms with Gasteiger partial charge in [-0.1, -0.05) is 6.07 Å². The molecule has 9 heteroatoms. The maximum atomic E-state index is 12.9. The van der Waals surface area contributed by atoms with Crippen molar-refractivity contribution in [2.75, 3.05) is 36.4 Å². The van der Waals surface area contributed by atoms with Gasteiger partial charge >= 0.3 is 0 Å². The van der Waals surface area contributed by atoms with Gasteiger partial charge in [0.2, 0.25) is 0 Å². The van der Waals surface area contributed by atoms with E-state index >= 15 is 0 Å². The maximum Gasteiger partial charge on any atom is 0.277 e. The highest BCUT2D eigenvalue weighted by molar-refractivity contribution is 7.13. The van der Waals surface area contributed by atoms with Crippen molar-refractivity contribution in [2.45, 2.75) is 6.92 Å². The Bertz CT molecular complexity index is 964. The summed E-state index contributed by atoms with van der Waals surface area (Å²) in [6, 6.07) is 5.33. The minimum absolute atomic E-state index is 0.0456. The minimum Gasteiger partial charge on any atom is -0.451 e. The van der Waals surface area contributed by atoms with Crippen LogP contribution in [0.2, 0.25) is 0 Å². The Hall–Kier alpha value is -3.20. The van der Waals surface area contributed by atoms with Gasteiger partial charge in [0.1, 0.15) is 6.26 Å². The van der Waals surface area contributed by atoms with Gasteiger partial charge in [-0.05, 0) is 24.6 Å². The summed E-state index contributed by atoms with van der Waals surface area (Å²) in [6.45, 7) is 4.64. The maximum absolute atomic E-state index is 12.9. The summed E-state index contributed by atoms with van der Waals surface area (Å²) in [4.78, 5) is 37.3. The summed E-state index contributed by atoms with van der Waals surface area (Å²) >= 11 is 1.60. The molecule has 0 saturated carbocycles. The Balaban J connectivity index is 1.44. The third-order valence-electron chi connectivity index (χ3n) is 4.65. The topological polar surface area (TPSA) is 91.6 Å². The molecule has 0 atom stereocenters. The first kappa shape index (κ1) is 18.2. The number of piperazine rings is 1. The molecule has 1 saturated heterocycles. The first-order valence-electron chi connectivity index (χ1n) is 8.86. The summed E-state index contributed by atoms with van der Waals surface area (Å²) in [7, 11) is 0. The van der Waals surface area contributed by atoms with Crippen LogP contribution < -0.4 is 10.2 Å². The van der Waals surface area contributed by atoms with Crippen LogP contribution >= 0.6 is 11.3 Å². The highest BCUT2D eigenvalue weighted by Gasteiger charge is 2.24. The fraction of sp³-hybridized carbons (Fsp3) is 0.263. The van der Waals surface area contributed by atoms with Crippen LogP contribution in [0.25, 0.3) is 0 Å². The number of nitrogens with one attached hydrogen (secondary N) is 1. The van der Waals surface area contributed by atoms with Crippen molar-refractivity contribution < 1.29 is 14.0 Å². The Labute approximate surface area is 165 Å². The van der Waals surface area contributed by atoms with Crippen molar-refractivity contribution in [2.24, 2.45) is 0 Å². The average Bonchev–Trinajstić information content (AvgIpc) is 3.43.